The predicted molar refractivity (Wildman–Crippen MR) is 320 cm³/mol. The molecule has 85 heavy (non-hydrogen) atoms. The first kappa shape index (κ1) is 59.3. The number of nitrogens with one attached hydrogen (secondary N) is 5. The minimum Gasteiger partial charge on any atom is -0.444 e. The highest BCUT2D eigenvalue weighted by molar-refractivity contribution is 6.03. The number of carbonyl (C=O) groups excluding carboxylic acids is 5. The Balaban J connectivity index is 0.647. The largest absolute Gasteiger partial charge is 0.444 e. The van der Waals surface area contributed by atoms with Crippen molar-refractivity contribution in [2.75, 3.05) is 61.6 Å². The molecule has 2 aliphatic heterocycles. The van der Waals surface area contributed by atoms with Gasteiger partial charge in [-0.25, -0.2) is 24.7 Å². The maximum absolute atomic E-state index is 14.0. The molecule has 0 spiro atoms. The molecule has 5 aromatic heterocycles. The first-order valence-electron chi connectivity index (χ1n) is 29.3. The number of likely N-dealkylation sites (tertiary alicyclic amines) is 1. The lowest BCUT2D eigenvalue weighted by Crippen LogP contribution is -2.48. The van der Waals surface area contributed by atoms with Crippen LogP contribution in [0.5, 0.6) is 0 Å². The number of carbonyl (C=O) groups is 5. The van der Waals surface area contributed by atoms with Gasteiger partial charge in [-0.15, -0.1) is 0 Å². The molecule has 1 aliphatic carbocycles. The Morgan fingerprint density at radius 3 is 2.24 bits per heavy atom. The zero-order valence-corrected chi connectivity index (χ0v) is 48.8. The molecule has 1 saturated carbocycles. The van der Waals surface area contributed by atoms with Crippen molar-refractivity contribution < 1.29 is 38.2 Å². The van der Waals surface area contributed by atoms with Crippen LogP contribution in [0.25, 0.3) is 28.3 Å². The SMILES string of the molecule is Cc1nc([C@H](C)NC(=O)c2ccc(-c3ccc(NC(=O)OC(C)(C)C)cc3)cc2)cc(N2[C@H](C(=O)NCCOCCOCCC(=O)N3CCC(c4cc(NC(=O)c5cccc(-c6ccn[nH]6)n5)n(-c5ccccn5)n4)CC3)C[C@@H]3CCCC[C@@H]32)n1. The molecule has 7 aromatic rings. The van der Waals surface area contributed by atoms with Gasteiger partial charge in [0.1, 0.15) is 34.8 Å². The molecule has 0 bridgehead atoms. The van der Waals surface area contributed by atoms with Crippen LogP contribution in [0, 0.1) is 12.8 Å². The molecule has 4 atom stereocenters. The van der Waals surface area contributed by atoms with Crippen molar-refractivity contribution in [3.8, 4) is 28.3 Å². The van der Waals surface area contributed by atoms with E-state index >= 15 is 0 Å². The molecule has 22 nitrogen and oxygen atoms in total. The number of benzene rings is 2. The normalized spacial score (nSPS) is 17.4. The fourth-order valence-electron chi connectivity index (χ4n) is 11.3. The van der Waals surface area contributed by atoms with Gasteiger partial charge in [-0.05, 0) is 138 Å². The number of rotatable bonds is 21. The molecule has 0 unspecified atom stereocenters. The maximum Gasteiger partial charge on any atom is 0.412 e. The predicted octanol–water partition coefficient (Wildman–Crippen LogP) is 8.99. The Kier molecular flexibility index (Phi) is 19.0. The summed E-state index contributed by atoms with van der Waals surface area (Å²) in [6.07, 6.45) is 9.36. The lowest BCUT2D eigenvalue weighted by molar-refractivity contribution is -0.133. The Morgan fingerprint density at radius 1 is 0.753 bits per heavy atom. The third-order valence-corrected chi connectivity index (χ3v) is 15.5. The number of anilines is 3. The first-order chi connectivity index (χ1) is 41.1. The third kappa shape index (κ3) is 15.3. The Labute approximate surface area is 494 Å². The molecule has 5 amide bonds. The fraction of sp³-hybridized carbons (Fsp3) is 0.413. The Bertz CT molecular complexity index is 3420. The average molecular weight is 1160 g/mol. The van der Waals surface area contributed by atoms with Crippen molar-refractivity contribution >= 4 is 47.0 Å². The van der Waals surface area contributed by atoms with Crippen LogP contribution in [0.2, 0.25) is 0 Å². The van der Waals surface area contributed by atoms with Crippen LogP contribution >= 0.6 is 0 Å². The number of nitrogens with zero attached hydrogens (tertiary/aromatic N) is 9. The van der Waals surface area contributed by atoms with Crippen molar-refractivity contribution in [3.05, 3.63) is 144 Å². The molecule has 2 aromatic carbocycles. The average Bonchev–Trinajstić information content (AvgIpc) is 2.33. The van der Waals surface area contributed by atoms with Gasteiger partial charge in [-0.3, -0.25) is 29.6 Å². The number of pyridine rings is 2. The minimum absolute atomic E-state index is 0.0190. The van der Waals surface area contributed by atoms with E-state index in [1.165, 1.54) is 0 Å². The van der Waals surface area contributed by atoms with Crippen molar-refractivity contribution in [1.29, 1.82) is 0 Å². The lowest BCUT2D eigenvalue weighted by Gasteiger charge is -2.35. The van der Waals surface area contributed by atoms with Crippen molar-refractivity contribution in [2.24, 2.45) is 5.92 Å². The number of fused-ring (bicyclic) bond motifs is 1. The summed E-state index contributed by atoms with van der Waals surface area (Å²) in [7, 11) is 0. The quantitative estimate of drug-likeness (QED) is 0.0420. The summed E-state index contributed by atoms with van der Waals surface area (Å²) in [6, 6.07) is 30.3. The second-order valence-electron chi connectivity index (χ2n) is 22.8. The molecule has 444 valence electrons. The van der Waals surface area contributed by atoms with Crippen molar-refractivity contribution in [2.45, 2.75) is 116 Å². The van der Waals surface area contributed by atoms with E-state index in [2.05, 4.69) is 46.3 Å². The molecule has 22 heteroatoms. The summed E-state index contributed by atoms with van der Waals surface area (Å²) in [5.74, 6) is 1.96. The molecular weight excluding hydrogens is 1080 g/mol. The molecule has 7 heterocycles. The number of aromatic amines is 1. The molecule has 5 N–H and O–H groups in total. The molecule has 0 radical (unpaired) electrons. The zero-order chi connectivity index (χ0) is 59.5. The van der Waals surface area contributed by atoms with Crippen LogP contribution in [0.15, 0.2) is 116 Å². The lowest BCUT2D eigenvalue weighted by atomic mass is 9.84. The molecular formula is C63H74N14O8. The fourth-order valence-corrected chi connectivity index (χ4v) is 11.3. The molecule has 2 saturated heterocycles. The number of hydrogen-bond acceptors (Lipinski definition) is 15. The number of ether oxygens (including phenoxy) is 3. The van der Waals surface area contributed by atoms with Crippen LogP contribution in [0.1, 0.15) is 129 Å². The summed E-state index contributed by atoms with van der Waals surface area (Å²) in [5, 5.41) is 23.7. The zero-order valence-electron chi connectivity index (χ0n) is 48.8. The van der Waals surface area contributed by atoms with Gasteiger partial charge in [0.2, 0.25) is 11.8 Å². The van der Waals surface area contributed by atoms with Gasteiger partial charge >= 0.3 is 6.09 Å². The first-order valence-corrected chi connectivity index (χ1v) is 29.3. The van der Waals surface area contributed by atoms with Gasteiger partial charge in [-0.2, -0.15) is 14.9 Å². The second-order valence-corrected chi connectivity index (χ2v) is 22.8. The van der Waals surface area contributed by atoms with E-state index < -0.39 is 29.7 Å². The molecule has 3 fully saturated rings. The number of piperidine rings is 1. The summed E-state index contributed by atoms with van der Waals surface area (Å²) >= 11 is 0. The Hall–Kier alpha value is -8.89. The third-order valence-electron chi connectivity index (χ3n) is 15.5. The van der Waals surface area contributed by atoms with E-state index in [9.17, 15) is 24.0 Å². The van der Waals surface area contributed by atoms with Crippen LogP contribution in [-0.2, 0) is 23.8 Å². The van der Waals surface area contributed by atoms with Crippen LogP contribution < -0.4 is 26.2 Å². The number of amides is 5. The van der Waals surface area contributed by atoms with E-state index in [1.54, 1.807) is 65.6 Å². The van der Waals surface area contributed by atoms with Gasteiger partial charge in [-0.1, -0.05) is 49.2 Å². The minimum atomic E-state index is -0.604. The monoisotopic (exact) mass is 1150 g/mol. The van der Waals surface area contributed by atoms with Gasteiger partial charge in [0.25, 0.3) is 11.8 Å². The standard InChI is InChI=1S/C63H74N14O8/c1-40(67-59(79)45-18-16-42(17-19-45)43-20-22-47(23-21-43)70-62(82)85-63(3,4)5)51-38-56(69-41(2)68-51)76-53-14-7-6-11-46(53)37-54(76)61(81)65-30-34-84-36-35-83-33-27-58(78)75-31-25-44(26-32-75)52-39-57(77(74-52)55-15-8-9-28-64-55)72-60(80)50-13-10-12-48(71-50)49-24-29-66-73-49/h8-10,12-13,15-24,28-29,38-40,44,46,53-54H,6-7,11,14,25-27,30-37H2,1-5H3,(H,65,81)(H,66,73)(H,67,79)(H,70,82)(H,72,80)/t40-,46-,53-,54-/m0/s1. The van der Waals surface area contributed by atoms with Crippen molar-refractivity contribution in [1.82, 2.24) is 55.4 Å². The number of aromatic nitrogens is 8. The number of H-pyrrole nitrogens is 1. The van der Waals surface area contributed by atoms with Gasteiger partial charge in [0.05, 0.1) is 61.7 Å². The second kappa shape index (κ2) is 27.2. The van der Waals surface area contributed by atoms with E-state index in [4.69, 9.17) is 29.3 Å². The van der Waals surface area contributed by atoms with Gasteiger partial charge < -0.3 is 40.0 Å². The molecule has 3 aliphatic rings. The highest BCUT2D eigenvalue weighted by atomic mass is 16.6. The summed E-state index contributed by atoms with van der Waals surface area (Å²) in [6.45, 7) is 11.8. The number of hydrogen-bond donors (Lipinski definition) is 5. The summed E-state index contributed by atoms with van der Waals surface area (Å²) in [5.41, 5.74) is 5.31. The summed E-state index contributed by atoms with van der Waals surface area (Å²) in [4.78, 5) is 89.3. The smallest absolute Gasteiger partial charge is 0.412 e. The topological polar surface area (TPSA) is 266 Å². The van der Waals surface area contributed by atoms with Gasteiger partial charge in [0.15, 0.2) is 5.82 Å². The van der Waals surface area contributed by atoms with Crippen LogP contribution in [0.3, 0.4) is 0 Å². The van der Waals surface area contributed by atoms with Crippen LogP contribution in [-0.4, -0.2) is 138 Å². The Morgan fingerprint density at radius 2 is 1.51 bits per heavy atom. The van der Waals surface area contributed by atoms with Crippen molar-refractivity contribution in [3.63, 3.8) is 0 Å². The highest BCUT2D eigenvalue weighted by Crippen LogP contribution is 2.42. The molecule has 10 rings (SSSR count). The highest BCUT2D eigenvalue weighted by Gasteiger charge is 2.46. The van der Waals surface area contributed by atoms with E-state index in [-0.39, 0.29) is 48.4 Å². The van der Waals surface area contributed by atoms with E-state index in [1.807, 2.05) is 94.1 Å². The number of aryl methyl sites for hydroxylation is 1. The van der Waals surface area contributed by atoms with Gasteiger partial charge in [0, 0.05) is 67.4 Å². The maximum atomic E-state index is 14.0. The van der Waals surface area contributed by atoms with E-state index in [0.29, 0.717) is 110 Å². The van der Waals surface area contributed by atoms with E-state index in [0.717, 1.165) is 48.9 Å². The summed E-state index contributed by atoms with van der Waals surface area (Å²) < 4.78 is 18.6. The van der Waals surface area contributed by atoms with Crippen LogP contribution in [0.4, 0.5) is 22.1 Å².